The van der Waals surface area contributed by atoms with Crippen LogP contribution in [-0.2, 0) is 0 Å². The fraction of sp³-hybridized carbons (Fsp3) is 0.923. The van der Waals surface area contributed by atoms with Gasteiger partial charge in [0.2, 0.25) is 0 Å². The van der Waals surface area contributed by atoms with E-state index < -0.39 is 0 Å². The van der Waals surface area contributed by atoms with Crippen molar-refractivity contribution >= 4 is 6.03 Å². The van der Waals surface area contributed by atoms with Crippen LogP contribution in [0.15, 0.2) is 0 Å². The SMILES string of the molecule is NC(=O)NCCC12CC3CC(CC(C3)C1)C2. The third kappa shape index (κ3) is 1.80. The van der Waals surface area contributed by atoms with E-state index in [-0.39, 0.29) is 6.03 Å². The zero-order valence-electron chi connectivity index (χ0n) is 9.87. The molecule has 0 atom stereocenters. The fourth-order valence-corrected chi connectivity index (χ4v) is 5.05. The summed E-state index contributed by atoms with van der Waals surface area (Å²) in [5.41, 5.74) is 5.69. The van der Waals surface area contributed by atoms with Crippen molar-refractivity contribution in [3.05, 3.63) is 0 Å². The molecule has 4 rings (SSSR count). The van der Waals surface area contributed by atoms with Crippen molar-refractivity contribution in [2.75, 3.05) is 6.54 Å². The molecule has 2 amide bonds. The molecule has 4 aliphatic carbocycles. The highest BCUT2D eigenvalue weighted by molar-refractivity contribution is 5.71. The molecule has 0 aromatic carbocycles. The minimum Gasteiger partial charge on any atom is -0.352 e. The Morgan fingerprint density at radius 2 is 1.62 bits per heavy atom. The van der Waals surface area contributed by atoms with E-state index in [0.717, 1.165) is 30.7 Å². The Labute approximate surface area is 97.2 Å². The summed E-state index contributed by atoms with van der Waals surface area (Å²) >= 11 is 0. The predicted molar refractivity (Wildman–Crippen MR) is 62.8 cm³/mol. The van der Waals surface area contributed by atoms with Crippen LogP contribution < -0.4 is 11.1 Å². The highest BCUT2D eigenvalue weighted by Gasteiger charge is 2.50. The second-order valence-corrected chi connectivity index (χ2v) is 6.46. The van der Waals surface area contributed by atoms with Gasteiger partial charge in [0.05, 0.1) is 0 Å². The van der Waals surface area contributed by atoms with Crippen molar-refractivity contribution in [3.63, 3.8) is 0 Å². The van der Waals surface area contributed by atoms with Gasteiger partial charge >= 0.3 is 6.03 Å². The van der Waals surface area contributed by atoms with Gasteiger partial charge in [0.1, 0.15) is 0 Å². The summed E-state index contributed by atoms with van der Waals surface area (Å²) in [6.07, 6.45) is 9.87. The summed E-state index contributed by atoms with van der Waals surface area (Å²) in [5.74, 6) is 3.00. The normalized spacial score (nSPS) is 44.6. The van der Waals surface area contributed by atoms with Gasteiger partial charge in [-0.3, -0.25) is 0 Å². The highest BCUT2D eigenvalue weighted by atomic mass is 16.2. The smallest absolute Gasteiger partial charge is 0.312 e. The Kier molecular flexibility index (Phi) is 2.37. The van der Waals surface area contributed by atoms with Crippen molar-refractivity contribution in [2.24, 2.45) is 28.9 Å². The van der Waals surface area contributed by atoms with Crippen molar-refractivity contribution in [2.45, 2.75) is 44.9 Å². The average molecular weight is 222 g/mol. The van der Waals surface area contributed by atoms with Crippen molar-refractivity contribution in [3.8, 4) is 0 Å². The number of carbonyl (C=O) groups excluding carboxylic acids is 1. The van der Waals surface area contributed by atoms with E-state index in [1.54, 1.807) is 0 Å². The van der Waals surface area contributed by atoms with E-state index >= 15 is 0 Å². The van der Waals surface area contributed by atoms with Gasteiger partial charge in [-0.1, -0.05) is 0 Å². The second-order valence-electron chi connectivity index (χ2n) is 6.46. The zero-order chi connectivity index (χ0) is 11.2. The first-order valence-corrected chi connectivity index (χ1v) is 6.68. The summed E-state index contributed by atoms with van der Waals surface area (Å²) in [6, 6.07) is -0.371. The van der Waals surface area contributed by atoms with Crippen LogP contribution in [0.4, 0.5) is 4.79 Å². The highest BCUT2D eigenvalue weighted by Crippen LogP contribution is 2.61. The van der Waals surface area contributed by atoms with E-state index in [2.05, 4.69) is 5.32 Å². The summed E-state index contributed by atoms with van der Waals surface area (Å²) in [5, 5.41) is 2.76. The molecule has 0 spiro atoms. The molecule has 4 bridgehead atoms. The molecule has 4 fully saturated rings. The Morgan fingerprint density at radius 1 is 1.12 bits per heavy atom. The number of urea groups is 1. The third-order valence-corrected chi connectivity index (χ3v) is 5.12. The molecular weight excluding hydrogens is 200 g/mol. The molecule has 0 saturated heterocycles. The van der Waals surface area contributed by atoms with Gasteiger partial charge in [-0.15, -0.1) is 0 Å². The molecule has 16 heavy (non-hydrogen) atoms. The van der Waals surface area contributed by atoms with Gasteiger partial charge in [-0.05, 0) is 68.1 Å². The van der Waals surface area contributed by atoms with Crippen LogP contribution in [0.25, 0.3) is 0 Å². The van der Waals surface area contributed by atoms with Gasteiger partial charge in [0.15, 0.2) is 0 Å². The van der Waals surface area contributed by atoms with E-state index in [9.17, 15) is 4.79 Å². The molecule has 0 aromatic heterocycles. The van der Waals surface area contributed by atoms with Crippen LogP contribution in [0.3, 0.4) is 0 Å². The molecule has 90 valence electrons. The Balaban J connectivity index is 1.62. The Hall–Kier alpha value is -0.730. The fourth-order valence-electron chi connectivity index (χ4n) is 5.05. The first-order chi connectivity index (χ1) is 7.65. The maximum atomic E-state index is 10.7. The van der Waals surface area contributed by atoms with E-state index in [0.29, 0.717) is 5.41 Å². The molecule has 0 aromatic rings. The van der Waals surface area contributed by atoms with Crippen LogP contribution in [-0.4, -0.2) is 12.6 Å². The lowest BCUT2D eigenvalue weighted by Gasteiger charge is -2.57. The quantitative estimate of drug-likeness (QED) is 0.756. The number of primary amides is 1. The summed E-state index contributed by atoms with van der Waals surface area (Å²) in [4.78, 5) is 10.7. The number of hydrogen-bond acceptors (Lipinski definition) is 1. The first-order valence-electron chi connectivity index (χ1n) is 6.68. The number of amides is 2. The van der Waals surface area contributed by atoms with Gasteiger partial charge in [-0.2, -0.15) is 0 Å². The van der Waals surface area contributed by atoms with Crippen LogP contribution >= 0.6 is 0 Å². The standard InChI is InChI=1S/C13H22N2O/c14-12(16)15-2-1-13-6-9-3-10(7-13)5-11(4-9)8-13/h9-11H,1-8H2,(H3,14,15,16). The molecule has 3 N–H and O–H groups in total. The summed E-state index contributed by atoms with van der Waals surface area (Å²) in [7, 11) is 0. The van der Waals surface area contributed by atoms with Gasteiger partial charge < -0.3 is 11.1 Å². The second kappa shape index (κ2) is 3.64. The largest absolute Gasteiger partial charge is 0.352 e. The third-order valence-electron chi connectivity index (χ3n) is 5.12. The monoisotopic (exact) mass is 222 g/mol. The van der Waals surface area contributed by atoms with Crippen LogP contribution in [0.5, 0.6) is 0 Å². The van der Waals surface area contributed by atoms with Gasteiger partial charge in [0, 0.05) is 6.54 Å². The van der Waals surface area contributed by atoms with Gasteiger partial charge in [0.25, 0.3) is 0 Å². The molecule has 0 radical (unpaired) electrons. The molecule has 4 saturated carbocycles. The maximum absolute atomic E-state index is 10.7. The first kappa shape index (κ1) is 10.4. The predicted octanol–water partition coefficient (Wildman–Crippen LogP) is 2.26. The number of nitrogens with two attached hydrogens (primary N) is 1. The molecule has 3 nitrogen and oxygen atoms in total. The topological polar surface area (TPSA) is 55.1 Å². The molecular formula is C13H22N2O. The molecule has 3 heteroatoms. The van der Waals surface area contributed by atoms with Gasteiger partial charge in [-0.25, -0.2) is 4.79 Å². The number of hydrogen-bond donors (Lipinski definition) is 2. The number of carbonyl (C=O) groups is 1. The molecule has 4 aliphatic rings. The minimum atomic E-state index is -0.371. The van der Waals surface area contributed by atoms with Crippen molar-refractivity contribution in [1.82, 2.24) is 5.32 Å². The van der Waals surface area contributed by atoms with Crippen molar-refractivity contribution < 1.29 is 4.79 Å². The lowest BCUT2D eigenvalue weighted by Crippen LogP contribution is -2.47. The number of rotatable bonds is 3. The maximum Gasteiger partial charge on any atom is 0.312 e. The lowest BCUT2D eigenvalue weighted by molar-refractivity contribution is -0.0563. The molecule has 0 heterocycles. The van der Waals surface area contributed by atoms with Crippen LogP contribution in [0.2, 0.25) is 0 Å². The Morgan fingerprint density at radius 3 is 2.06 bits per heavy atom. The summed E-state index contributed by atoms with van der Waals surface area (Å²) in [6.45, 7) is 0.779. The summed E-state index contributed by atoms with van der Waals surface area (Å²) < 4.78 is 0. The Bertz CT molecular complexity index is 265. The van der Waals surface area contributed by atoms with Crippen molar-refractivity contribution in [1.29, 1.82) is 0 Å². The van der Waals surface area contributed by atoms with E-state index in [1.807, 2.05) is 0 Å². The van der Waals surface area contributed by atoms with E-state index in [1.165, 1.54) is 38.5 Å². The van der Waals surface area contributed by atoms with E-state index in [4.69, 9.17) is 5.73 Å². The average Bonchev–Trinajstić information content (AvgIpc) is 2.13. The number of nitrogens with one attached hydrogen (secondary N) is 1. The molecule has 0 unspecified atom stereocenters. The molecule has 0 aliphatic heterocycles. The zero-order valence-corrected chi connectivity index (χ0v) is 9.87. The van der Waals surface area contributed by atoms with Crippen LogP contribution in [0.1, 0.15) is 44.9 Å². The minimum absolute atomic E-state index is 0.371. The lowest BCUT2D eigenvalue weighted by atomic mass is 9.49. The van der Waals surface area contributed by atoms with Crippen LogP contribution in [0, 0.1) is 23.2 Å².